The number of anilines is 1. The molecule has 1 atom stereocenters. The lowest BCUT2D eigenvalue weighted by Crippen LogP contribution is -2.47. The summed E-state index contributed by atoms with van der Waals surface area (Å²) >= 11 is 0. The molecule has 2 aliphatic rings. The molecule has 2 N–H and O–H groups in total. The Labute approximate surface area is 194 Å². The van der Waals surface area contributed by atoms with Gasteiger partial charge in [0.05, 0.1) is 13.7 Å². The summed E-state index contributed by atoms with van der Waals surface area (Å²) in [6.45, 7) is 3.57. The zero-order valence-electron chi connectivity index (χ0n) is 19.0. The van der Waals surface area contributed by atoms with Crippen LogP contribution in [0.3, 0.4) is 0 Å². The molecular weight excluding hydrogens is 408 g/mol. The lowest BCUT2D eigenvalue weighted by atomic mass is 9.98. The second-order valence-electron chi connectivity index (χ2n) is 8.39. The maximum Gasteiger partial charge on any atom is 0.132 e. The molecule has 2 heterocycles. The summed E-state index contributed by atoms with van der Waals surface area (Å²) in [5.74, 6) is 1.73. The topological polar surface area (TPSA) is 58.0 Å². The Morgan fingerprint density at radius 2 is 1.85 bits per heavy atom. The third kappa shape index (κ3) is 4.67. The molecule has 5 heteroatoms. The number of nitrogens with one attached hydrogen (secondary N) is 2. The number of ether oxygens (including phenoxy) is 1. The Balaban J connectivity index is 1.52. The number of aryl methyl sites for hydroxylation is 1. The molecule has 0 spiro atoms. The number of rotatable bonds is 5. The molecule has 0 radical (unpaired) electrons. The van der Waals surface area contributed by atoms with Crippen LogP contribution in [0.25, 0.3) is 11.1 Å². The van der Waals surface area contributed by atoms with Crippen molar-refractivity contribution >= 4 is 17.7 Å². The van der Waals surface area contributed by atoms with Gasteiger partial charge in [-0.1, -0.05) is 54.1 Å². The molecule has 33 heavy (non-hydrogen) atoms. The molecule has 1 unspecified atom stereocenters. The van der Waals surface area contributed by atoms with Gasteiger partial charge in [-0.2, -0.15) is 0 Å². The van der Waals surface area contributed by atoms with Gasteiger partial charge in [0.15, 0.2) is 0 Å². The predicted molar refractivity (Wildman–Crippen MR) is 136 cm³/mol. The van der Waals surface area contributed by atoms with Crippen molar-refractivity contribution in [1.29, 1.82) is 0 Å². The van der Waals surface area contributed by atoms with Gasteiger partial charge < -0.3 is 15.4 Å². The van der Waals surface area contributed by atoms with Crippen molar-refractivity contribution in [3.63, 3.8) is 0 Å². The van der Waals surface area contributed by atoms with E-state index in [9.17, 15) is 0 Å². The Morgan fingerprint density at radius 3 is 2.64 bits per heavy atom. The molecule has 3 aromatic rings. The van der Waals surface area contributed by atoms with Crippen LogP contribution in [0.2, 0.25) is 0 Å². The summed E-state index contributed by atoms with van der Waals surface area (Å²) in [5, 5.41) is 7.24. The van der Waals surface area contributed by atoms with Gasteiger partial charge in [0.1, 0.15) is 17.8 Å². The maximum absolute atomic E-state index is 5.42. The fourth-order valence-corrected chi connectivity index (χ4v) is 4.14. The van der Waals surface area contributed by atoms with Gasteiger partial charge in [0, 0.05) is 29.6 Å². The smallest absolute Gasteiger partial charge is 0.132 e. The first kappa shape index (κ1) is 21.0. The van der Waals surface area contributed by atoms with Crippen molar-refractivity contribution in [2.24, 2.45) is 9.98 Å². The van der Waals surface area contributed by atoms with Crippen LogP contribution in [0.15, 0.2) is 88.4 Å². The Morgan fingerprint density at radius 1 is 1.00 bits per heavy atom. The van der Waals surface area contributed by atoms with E-state index in [0.717, 1.165) is 52.5 Å². The number of amidine groups is 1. The number of aliphatic imine (C=N–C) groups is 2. The van der Waals surface area contributed by atoms with Gasteiger partial charge in [-0.3, -0.25) is 9.98 Å². The third-order valence-electron chi connectivity index (χ3n) is 6.01. The van der Waals surface area contributed by atoms with Crippen molar-refractivity contribution in [3.05, 3.63) is 95.1 Å². The van der Waals surface area contributed by atoms with Crippen LogP contribution in [0.5, 0.6) is 5.75 Å². The van der Waals surface area contributed by atoms with E-state index in [-0.39, 0.29) is 6.17 Å². The van der Waals surface area contributed by atoms with Crippen LogP contribution < -0.4 is 15.4 Å². The zero-order valence-corrected chi connectivity index (χ0v) is 19.0. The number of fused-ring (bicyclic) bond motifs is 1. The minimum atomic E-state index is -0.0546. The Kier molecular flexibility index (Phi) is 5.94. The minimum absolute atomic E-state index is 0.0546. The third-order valence-corrected chi connectivity index (χ3v) is 6.01. The number of nitrogens with zero attached hydrogens (tertiary/aromatic N) is 2. The molecule has 166 valence electrons. The fourth-order valence-electron chi connectivity index (χ4n) is 4.14. The lowest BCUT2D eigenvalue weighted by molar-refractivity contribution is 0.415. The monoisotopic (exact) mass is 436 g/mol. The summed E-state index contributed by atoms with van der Waals surface area (Å²) < 4.78 is 5.42. The molecule has 0 fully saturated rings. The average Bonchev–Trinajstić information content (AvgIpc) is 2.88. The van der Waals surface area contributed by atoms with E-state index in [1.54, 1.807) is 7.11 Å². The van der Waals surface area contributed by atoms with E-state index < -0.39 is 0 Å². The van der Waals surface area contributed by atoms with Gasteiger partial charge in [-0.15, -0.1) is 0 Å². The number of hydrogen-bond acceptors (Lipinski definition) is 4. The average molecular weight is 437 g/mol. The SMILES string of the molecule is COc1cccc(-c2ccc3c(c2)C(=NCc2ccc(C)cc2)NC(C2=CCCN=C2)N3)c1. The van der Waals surface area contributed by atoms with Crippen molar-refractivity contribution in [2.75, 3.05) is 19.0 Å². The van der Waals surface area contributed by atoms with Crippen LogP contribution in [-0.4, -0.2) is 31.9 Å². The summed E-state index contributed by atoms with van der Waals surface area (Å²) in [7, 11) is 1.69. The highest BCUT2D eigenvalue weighted by Crippen LogP contribution is 2.31. The molecule has 3 aromatic carbocycles. The van der Waals surface area contributed by atoms with E-state index in [0.29, 0.717) is 6.54 Å². The minimum Gasteiger partial charge on any atom is -0.497 e. The largest absolute Gasteiger partial charge is 0.497 e. The number of hydrogen-bond donors (Lipinski definition) is 2. The van der Waals surface area contributed by atoms with Crippen molar-refractivity contribution < 1.29 is 4.74 Å². The molecule has 5 rings (SSSR count). The highest BCUT2D eigenvalue weighted by atomic mass is 16.5. The molecular formula is C28H28N4O. The molecule has 0 bridgehead atoms. The highest BCUT2D eigenvalue weighted by Gasteiger charge is 2.25. The lowest BCUT2D eigenvalue weighted by Gasteiger charge is -2.32. The Hall–Kier alpha value is -3.86. The standard InChI is InChI=1S/C28H28N4O/c1-19-8-10-20(11-9-19)17-30-28-25-16-22(21-5-3-7-24(15-21)33-2)12-13-26(25)31-27(32-28)23-6-4-14-29-18-23/h3,5-13,15-16,18,27,31H,4,14,17H2,1-2H3,(H,30,32). The molecule has 5 nitrogen and oxygen atoms in total. The quantitative estimate of drug-likeness (QED) is 0.566. The van der Waals surface area contributed by atoms with E-state index in [1.165, 1.54) is 11.1 Å². The predicted octanol–water partition coefficient (Wildman–Crippen LogP) is 5.36. The van der Waals surface area contributed by atoms with Crippen LogP contribution in [-0.2, 0) is 6.54 Å². The van der Waals surface area contributed by atoms with Gasteiger partial charge in [0.25, 0.3) is 0 Å². The maximum atomic E-state index is 5.42. The zero-order chi connectivity index (χ0) is 22.6. The van der Waals surface area contributed by atoms with Gasteiger partial charge >= 0.3 is 0 Å². The summed E-state index contributed by atoms with van der Waals surface area (Å²) in [5.41, 5.74) is 7.94. The van der Waals surface area contributed by atoms with E-state index in [1.807, 2.05) is 18.3 Å². The highest BCUT2D eigenvalue weighted by molar-refractivity contribution is 6.07. The van der Waals surface area contributed by atoms with Crippen LogP contribution >= 0.6 is 0 Å². The molecule has 0 amide bonds. The first-order valence-corrected chi connectivity index (χ1v) is 11.3. The van der Waals surface area contributed by atoms with Crippen molar-refractivity contribution in [3.8, 4) is 16.9 Å². The molecule has 0 saturated carbocycles. The normalized spacial score (nSPS) is 18.2. The van der Waals surface area contributed by atoms with E-state index in [2.05, 4.69) is 83.2 Å². The molecule has 0 aromatic heterocycles. The van der Waals surface area contributed by atoms with E-state index in [4.69, 9.17) is 9.73 Å². The molecule has 0 saturated heterocycles. The molecule has 0 aliphatic carbocycles. The van der Waals surface area contributed by atoms with Crippen LogP contribution in [0.4, 0.5) is 5.69 Å². The number of dihydropyridines is 1. The first-order valence-electron chi connectivity index (χ1n) is 11.3. The van der Waals surface area contributed by atoms with E-state index >= 15 is 0 Å². The summed E-state index contributed by atoms with van der Waals surface area (Å²) in [6, 6.07) is 23.2. The van der Waals surface area contributed by atoms with Crippen molar-refractivity contribution in [1.82, 2.24) is 5.32 Å². The van der Waals surface area contributed by atoms with Gasteiger partial charge in [-0.25, -0.2) is 0 Å². The summed E-state index contributed by atoms with van der Waals surface area (Å²) in [4.78, 5) is 9.47. The van der Waals surface area contributed by atoms with Gasteiger partial charge in [-0.05, 0) is 54.3 Å². The second kappa shape index (κ2) is 9.33. The second-order valence-corrected chi connectivity index (χ2v) is 8.39. The molecule has 2 aliphatic heterocycles. The van der Waals surface area contributed by atoms with Crippen molar-refractivity contribution in [2.45, 2.75) is 26.1 Å². The fraction of sp³-hybridized carbons (Fsp3) is 0.214. The van der Waals surface area contributed by atoms with Crippen LogP contribution in [0, 0.1) is 6.92 Å². The first-order chi connectivity index (χ1) is 16.2. The van der Waals surface area contributed by atoms with Gasteiger partial charge in [0.2, 0.25) is 0 Å². The Bertz CT molecular complexity index is 1240. The summed E-state index contributed by atoms with van der Waals surface area (Å²) in [6.07, 6.45) is 5.11. The number of methoxy groups -OCH3 is 1. The number of benzene rings is 3. The van der Waals surface area contributed by atoms with Crippen LogP contribution in [0.1, 0.15) is 23.1 Å².